The number of benzene rings is 2. The third-order valence-corrected chi connectivity index (χ3v) is 7.36. The molecule has 0 aromatic heterocycles. The van der Waals surface area contributed by atoms with Gasteiger partial charge in [0.25, 0.3) is 0 Å². The molecule has 2 aliphatic heterocycles. The topological polar surface area (TPSA) is 63.7 Å². The summed E-state index contributed by atoms with van der Waals surface area (Å²) in [4.78, 5) is 15.1. The lowest BCUT2D eigenvalue weighted by molar-refractivity contribution is -0.139. The first-order valence-corrected chi connectivity index (χ1v) is 10.8. The zero-order valence-corrected chi connectivity index (χ0v) is 16.3. The normalized spacial score (nSPS) is 22.3. The van der Waals surface area contributed by atoms with Gasteiger partial charge in [0.05, 0.1) is 17.7 Å². The van der Waals surface area contributed by atoms with Crippen molar-refractivity contribution in [2.24, 2.45) is 0 Å². The van der Waals surface area contributed by atoms with Crippen LogP contribution in [0.1, 0.15) is 31.4 Å². The van der Waals surface area contributed by atoms with Gasteiger partial charge in [0, 0.05) is 6.54 Å². The van der Waals surface area contributed by atoms with Crippen LogP contribution in [-0.2, 0) is 26.6 Å². The molecule has 1 atom stereocenters. The number of rotatable bonds is 2. The molecule has 27 heavy (non-hydrogen) atoms. The summed E-state index contributed by atoms with van der Waals surface area (Å²) in [6.07, 6.45) is 0.197. The maximum atomic E-state index is 13.1. The molecule has 5 nitrogen and oxygen atoms in total. The highest BCUT2D eigenvalue weighted by atomic mass is 32.2. The Bertz CT molecular complexity index is 997. The average Bonchev–Trinajstić information content (AvgIpc) is 2.61. The van der Waals surface area contributed by atoms with Crippen molar-refractivity contribution in [2.75, 3.05) is 12.3 Å². The standard InChI is InChI=1S/C21H23NO4S/c1-21(2)17-8-4-3-7-15(17)11-12-22(21)20(23)13-16-14-27(24,25)19-10-6-5-9-18(19)26-16/h3-10,16H,11-14H2,1-2H3. The van der Waals surface area contributed by atoms with Crippen LogP contribution in [0, 0.1) is 0 Å². The van der Waals surface area contributed by atoms with Crippen molar-refractivity contribution >= 4 is 15.7 Å². The average molecular weight is 385 g/mol. The molecule has 142 valence electrons. The number of amides is 1. The lowest BCUT2D eigenvalue weighted by atomic mass is 9.83. The summed E-state index contributed by atoms with van der Waals surface area (Å²) in [6, 6.07) is 14.8. The van der Waals surface area contributed by atoms with E-state index in [9.17, 15) is 13.2 Å². The van der Waals surface area contributed by atoms with Gasteiger partial charge in [0.2, 0.25) is 5.91 Å². The van der Waals surface area contributed by atoms with Crippen LogP contribution in [0.4, 0.5) is 0 Å². The highest BCUT2D eigenvalue weighted by Crippen LogP contribution is 2.36. The lowest BCUT2D eigenvalue weighted by Crippen LogP contribution is -2.51. The van der Waals surface area contributed by atoms with Gasteiger partial charge in [-0.1, -0.05) is 36.4 Å². The highest BCUT2D eigenvalue weighted by molar-refractivity contribution is 7.91. The Kier molecular flexibility index (Phi) is 4.26. The first kappa shape index (κ1) is 18.0. The number of hydrogen-bond donors (Lipinski definition) is 0. The molecule has 1 unspecified atom stereocenters. The van der Waals surface area contributed by atoms with E-state index in [2.05, 4.69) is 12.1 Å². The fraction of sp³-hybridized carbons (Fsp3) is 0.381. The number of sulfone groups is 1. The summed E-state index contributed by atoms with van der Waals surface area (Å²) in [6.45, 7) is 4.70. The highest BCUT2D eigenvalue weighted by Gasteiger charge is 2.39. The Morgan fingerprint density at radius 3 is 2.67 bits per heavy atom. The van der Waals surface area contributed by atoms with Crippen LogP contribution < -0.4 is 4.74 Å². The Morgan fingerprint density at radius 2 is 1.85 bits per heavy atom. The minimum absolute atomic E-state index is 0.0547. The second kappa shape index (κ2) is 6.37. The molecule has 6 heteroatoms. The summed E-state index contributed by atoms with van der Waals surface area (Å²) in [7, 11) is -3.44. The monoisotopic (exact) mass is 385 g/mol. The molecule has 1 amide bonds. The molecule has 0 radical (unpaired) electrons. The van der Waals surface area contributed by atoms with E-state index in [1.165, 1.54) is 5.56 Å². The molecule has 0 saturated heterocycles. The smallest absolute Gasteiger partial charge is 0.227 e. The number of nitrogens with zero attached hydrogens (tertiary/aromatic N) is 1. The number of carbonyl (C=O) groups excluding carboxylic acids is 1. The van der Waals surface area contributed by atoms with Crippen molar-refractivity contribution in [2.45, 2.75) is 43.2 Å². The lowest BCUT2D eigenvalue weighted by Gasteiger charge is -2.44. The molecular weight excluding hydrogens is 362 g/mol. The first-order valence-electron chi connectivity index (χ1n) is 9.16. The van der Waals surface area contributed by atoms with Gasteiger partial charge < -0.3 is 9.64 Å². The van der Waals surface area contributed by atoms with E-state index in [0.717, 1.165) is 12.0 Å². The van der Waals surface area contributed by atoms with E-state index in [1.54, 1.807) is 24.3 Å². The summed E-state index contributed by atoms with van der Waals surface area (Å²) in [5.41, 5.74) is 1.97. The molecule has 2 aliphatic rings. The Labute approximate surface area is 159 Å². The van der Waals surface area contributed by atoms with Gasteiger partial charge in [-0.3, -0.25) is 4.79 Å². The minimum Gasteiger partial charge on any atom is -0.487 e. The van der Waals surface area contributed by atoms with Crippen LogP contribution in [0.5, 0.6) is 5.75 Å². The van der Waals surface area contributed by atoms with Gasteiger partial charge in [-0.15, -0.1) is 0 Å². The van der Waals surface area contributed by atoms with Crippen LogP contribution in [0.15, 0.2) is 53.4 Å². The Balaban J connectivity index is 1.56. The van der Waals surface area contributed by atoms with Crippen molar-refractivity contribution in [1.82, 2.24) is 4.90 Å². The number of hydrogen-bond acceptors (Lipinski definition) is 4. The summed E-state index contributed by atoms with van der Waals surface area (Å²) in [5, 5.41) is 0. The van der Waals surface area contributed by atoms with Gasteiger partial charge in [-0.05, 0) is 43.5 Å². The van der Waals surface area contributed by atoms with Gasteiger partial charge in [-0.25, -0.2) is 8.42 Å². The molecule has 0 saturated carbocycles. The van der Waals surface area contributed by atoms with Crippen LogP contribution >= 0.6 is 0 Å². The van der Waals surface area contributed by atoms with Crippen LogP contribution in [0.3, 0.4) is 0 Å². The fourth-order valence-electron chi connectivity index (χ4n) is 4.19. The van der Waals surface area contributed by atoms with Crippen molar-refractivity contribution in [3.8, 4) is 5.75 Å². The van der Waals surface area contributed by atoms with Crippen molar-refractivity contribution < 1.29 is 17.9 Å². The van der Waals surface area contributed by atoms with E-state index in [0.29, 0.717) is 12.3 Å². The Morgan fingerprint density at radius 1 is 1.15 bits per heavy atom. The molecule has 2 aromatic carbocycles. The van der Waals surface area contributed by atoms with E-state index in [4.69, 9.17) is 4.74 Å². The van der Waals surface area contributed by atoms with Crippen LogP contribution in [-0.4, -0.2) is 37.6 Å². The van der Waals surface area contributed by atoms with Crippen LogP contribution in [0.25, 0.3) is 0 Å². The van der Waals surface area contributed by atoms with Crippen molar-refractivity contribution in [1.29, 1.82) is 0 Å². The molecule has 0 aliphatic carbocycles. The molecule has 0 fully saturated rings. The number of para-hydroxylation sites is 1. The van der Waals surface area contributed by atoms with E-state index in [-0.39, 0.29) is 23.0 Å². The second-order valence-electron chi connectivity index (χ2n) is 7.68. The van der Waals surface area contributed by atoms with Gasteiger partial charge in [0.15, 0.2) is 9.84 Å². The number of ether oxygens (including phenoxy) is 1. The van der Waals surface area contributed by atoms with Crippen molar-refractivity contribution in [3.05, 3.63) is 59.7 Å². The van der Waals surface area contributed by atoms with E-state index in [1.807, 2.05) is 30.9 Å². The number of fused-ring (bicyclic) bond motifs is 2. The fourth-order valence-corrected chi connectivity index (χ4v) is 5.75. The molecular formula is C21H23NO4S. The second-order valence-corrected chi connectivity index (χ2v) is 9.69. The summed E-state index contributed by atoms with van der Waals surface area (Å²) >= 11 is 0. The van der Waals surface area contributed by atoms with Gasteiger partial charge >= 0.3 is 0 Å². The minimum atomic E-state index is -3.44. The molecule has 2 aromatic rings. The van der Waals surface area contributed by atoms with Gasteiger partial charge in [-0.2, -0.15) is 0 Å². The molecule has 0 N–H and O–H groups in total. The Hall–Kier alpha value is -2.34. The van der Waals surface area contributed by atoms with Crippen LogP contribution in [0.2, 0.25) is 0 Å². The predicted octanol–water partition coefficient (Wildman–Crippen LogP) is 2.93. The molecule has 0 spiro atoms. The predicted molar refractivity (Wildman–Crippen MR) is 102 cm³/mol. The molecule has 0 bridgehead atoms. The third-order valence-electron chi connectivity index (χ3n) is 5.54. The maximum Gasteiger partial charge on any atom is 0.227 e. The quantitative estimate of drug-likeness (QED) is 0.797. The van der Waals surface area contributed by atoms with E-state index < -0.39 is 21.5 Å². The van der Waals surface area contributed by atoms with E-state index >= 15 is 0 Å². The molecule has 4 rings (SSSR count). The summed E-state index contributed by atoms with van der Waals surface area (Å²) in [5.74, 6) is 0.0968. The summed E-state index contributed by atoms with van der Waals surface area (Å²) < 4.78 is 30.9. The maximum absolute atomic E-state index is 13.1. The number of carbonyl (C=O) groups is 1. The SMILES string of the molecule is CC1(C)c2ccccc2CCN1C(=O)CC1CS(=O)(=O)c2ccccc2O1. The zero-order chi connectivity index (χ0) is 19.2. The largest absolute Gasteiger partial charge is 0.487 e. The van der Waals surface area contributed by atoms with Crippen molar-refractivity contribution in [3.63, 3.8) is 0 Å². The zero-order valence-electron chi connectivity index (χ0n) is 15.5. The third kappa shape index (κ3) is 3.12. The molecule has 2 heterocycles. The first-order chi connectivity index (χ1) is 12.8. The van der Waals surface area contributed by atoms with Gasteiger partial charge in [0.1, 0.15) is 16.7 Å².